The van der Waals surface area contributed by atoms with Gasteiger partial charge in [-0.2, -0.15) is 12.7 Å². The Bertz CT molecular complexity index is 514. The lowest BCUT2D eigenvalue weighted by Gasteiger charge is -2.14. The minimum Gasteiger partial charge on any atom is -0.497 e. The first kappa shape index (κ1) is 15.7. The van der Waals surface area contributed by atoms with E-state index in [1.807, 2.05) is 6.07 Å². The number of methoxy groups -OCH3 is 2. The predicted molar refractivity (Wildman–Crippen MR) is 73.9 cm³/mol. The molecular weight excluding hydrogens is 268 g/mol. The van der Waals surface area contributed by atoms with Crippen molar-refractivity contribution >= 4 is 10.2 Å². The third-order valence-electron chi connectivity index (χ3n) is 2.65. The Morgan fingerprint density at radius 3 is 2.42 bits per heavy atom. The van der Waals surface area contributed by atoms with Crippen LogP contribution in [0.3, 0.4) is 0 Å². The monoisotopic (exact) mass is 288 g/mol. The maximum absolute atomic E-state index is 11.6. The summed E-state index contributed by atoms with van der Waals surface area (Å²) in [4.78, 5) is 0. The van der Waals surface area contributed by atoms with E-state index in [2.05, 4.69) is 4.72 Å². The number of nitrogens with zero attached hydrogens (tertiary/aromatic N) is 1. The lowest BCUT2D eigenvalue weighted by atomic mass is 10.1. The highest BCUT2D eigenvalue weighted by molar-refractivity contribution is 7.87. The summed E-state index contributed by atoms with van der Waals surface area (Å²) in [5, 5.41) is 0. The summed E-state index contributed by atoms with van der Waals surface area (Å²) in [5.74, 6) is 1.43. The Labute approximate surface area is 114 Å². The number of hydrogen-bond donors (Lipinski definition) is 1. The molecule has 0 atom stereocenters. The van der Waals surface area contributed by atoms with E-state index in [4.69, 9.17) is 9.47 Å². The lowest BCUT2D eigenvalue weighted by Crippen LogP contribution is -2.36. The molecule has 108 valence electrons. The summed E-state index contributed by atoms with van der Waals surface area (Å²) >= 11 is 0. The SMILES string of the molecule is COc1ccc(OC)c(CCNS(=O)(=O)N(C)C)c1. The molecule has 0 heterocycles. The zero-order valence-corrected chi connectivity index (χ0v) is 12.5. The maximum Gasteiger partial charge on any atom is 0.278 e. The van der Waals surface area contributed by atoms with Gasteiger partial charge in [0.25, 0.3) is 10.2 Å². The van der Waals surface area contributed by atoms with E-state index in [9.17, 15) is 8.42 Å². The van der Waals surface area contributed by atoms with E-state index in [1.165, 1.54) is 14.1 Å². The van der Waals surface area contributed by atoms with E-state index in [0.717, 1.165) is 9.87 Å². The van der Waals surface area contributed by atoms with Crippen molar-refractivity contribution in [1.29, 1.82) is 0 Å². The summed E-state index contributed by atoms with van der Waals surface area (Å²) in [6.07, 6.45) is 0.521. The molecule has 0 aliphatic heterocycles. The molecule has 19 heavy (non-hydrogen) atoms. The fourth-order valence-corrected chi connectivity index (χ4v) is 2.14. The zero-order valence-electron chi connectivity index (χ0n) is 11.6. The molecule has 0 amide bonds. The van der Waals surface area contributed by atoms with Gasteiger partial charge in [-0.3, -0.25) is 0 Å². The second kappa shape index (κ2) is 6.74. The van der Waals surface area contributed by atoms with E-state index < -0.39 is 10.2 Å². The van der Waals surface area contributed by atoms with Crippen LogP contribution in [0.25, 0.3) is 0 Å². The molecule has 1 aromatic rings. The Morgan fingerprint density at radius 1 is 1.21 bits per heavy atom. The molecule has 0 saturated carbocycles. The molecule has 0 aliphatic rings. The van der Waals surface area contributed by atoms with Crippen molar-refractivity contribution in [2.24, 2.45) is 0 Å². The number of rotatable bonds is 7. The fraction of sp³-hybridized carbons (Fsp3) is 0.500. The van der Waals surface area contributed by atoms with E-state index in [0.29, 0.717) is 24.5 Å². The van der Waals surface area contributed by atoms with Gasteiger partial charge in [0.1, 0.15) is 11.5 Å². The second-order valence-electron chi connectivity index (χ2n) is 4.11. The molecule has 0 aliphatic carbocycles. The summed E-state index contributed by atoms with van der Waals surface area (Å²) in [7, 11) is 2.73. The van der Waals surface area contributed by atoms with Gasteiger partial charge in [-0.25, -0.2) is 4.72 Å². The van der Waals surface area contributed by atoms with Crippen molar-refractivity contribution in [2.45, 2.75) is 6.42 Å². The van der Waals surface area contributed by atoms with Crippen LogP contribution in [0.5, 0.6) is 11.5 Å². The van der Waals surface area contributed by atoms with Gasteiger partial charge in [0.2, 0.25) is 0 Å². The number of ether oxygens (including phenoxy) is 2. The highest BCUT2D eigenvalue weighted by Gasteiger charge is 2.12. The van der Waals surface area contributed by atoms with Crippen molar-refractivity contribution in [3.05, 3.63) is 23.8 Å². The van der Waals surface area contributed by atoms with Crippen LogP contribution in [0.2, 0.25) is 0 Å². The molecule has 6 nitrogen and oxygen atoms in total. The first-order valence-corrected chi connectivity index (χ1v) is 7.22. The fourth-order valence-electron chi connectivity index (χ4n) is 1.52. The molecule has 1 rings (SSSR count). The van der Waals surface area contributed by atoms with Crippen LogP contribution >= 0.6 is 0 Å². The summed E-state index contributed by atoms with van der Waals surface area (Å²) in [5.41, 5.74) is 0.892. The molecule has 1 aromatic carbocycles. The smallest absolute Gasteiger partial charge is 0.278 e. The normalized spacial score (nSPS) is 11.6. The Kier molecular flexibility index (Phi) is 5.59. The van der Waals surface area contributed by atoms with Crippen molar-refractivity contribution < 1.29 is 17.9 Å². The summed E-state index contributed by atoms with van der Waals surface area (Å²) in [6.45, 7) is 0.296. The van der Waals surface area contributed by atoms with Gasteiger partial charge in [0, 0.05) is 20.6 Å². The van der Waals surface area contributed by atoms with Crippen LogP contribution in [-0.2, 0) is 16.6 Å². The quantitative estimate of drug-likeness (QED) is 0.799. The molecule has 7 heteroatoms. The van der Waals surface area contributed by atoms with E-state index in [1.54, 1.807) is 26.4 Å². The molecular formula is C12H20N2O4S. The summed E-state index contributed by atoms with van der Waals surface area (Å²) < 4.78 is 37.1. The van der Waals surface area contributed by atoms with Gasteiger partial charge < -0.3 is 9.47 Å². The molecule has 0 unspecified atom stereocenters. The minimum atomic E-state index is -3.39. The van der Waals surface area contributed by atoms with Crippen molar-refractivity contribution in [2.75, 3.05) is 34.9 Å². The third-order valence-corrected chi connectivity index (χ3v) is 4.18. The largest absolute Gasteiger partial charge is 0.497 e. The maximum atomic E-state index is 11.6. The van der Waals surface area contributed by atoms with Crippen molar-refractivity contribution in [3.8, 4) is 11.5 Å². The van der Waals surface area contributed by atoms with E-state index >= 15 is 0 Å². The van der Waals surface area contributed by atoms with Crippen LogP contribution in [0.1, 0.15) is 5.56 Å². The van der Waals surface area contributed by atoms with Crippen LogP contribution < -0.4 is 14.2 Å². The van der Waals surface area contributed by atoms with Crippen LogP contribution in [0.15, 0.2) is 18.2 Å². The topological polar surface area (TPSA) is 67.9 Å². The first-order chi connectivity index (χ1) is 8.90. The Balaban J connectivity index is 2.72. The first-order valence-electron chi connectivity index (χ1n) is 5.78. The van der Waals surface area contributed by atoms with E-state index in [-0.39, 0.29) is 0 Å². The molecule has 0 saturated heterocycles. The molecule has 0 bridgehead atoms. The predicted octanol–water partition coefficient (Wildman–Crippen LogP) is 0.642. The standard InChI is InChI=1S/C12H20N2O4S/c1-14(2)19(15,16)13-8-7-10-9-11(17-3)5-6-12(10)18-4/h5-6,9,13H,7-8H2,1-4H3. The van der Waals surface area contributed by atoms with Crippen molar-refractivity contribution in [1.82, 2.24) is 9.03 Å². The Morgan fingerprint density at radius 2 is 1.89 bits per heavy atom. The van der Waals surface area contributed by atoms with Gasteiger partial charge >= 0.3 is 0 Å². The zero-order chi connectivity index (χ0) is 14.5. The molecule has 0 spiro atoms. The van der Waals surface area contributed by atoms with Gasteiger partial charge in [0.15, 0.2) is 0 Å². The van der Waals surface area contributed by atoms with Gasteiger partial charge in [0.05, 0.1) is 14.2 Å². The third kappa shape index (κ3) is 4.38. The average molecular weight is 288 g/mol. The highest BCUT2D eigenvalue weighted by atomic mass is 32.2. The number of hydrogen-bond acceptors (Lipinski definition) is 4. The van der Waals surface area contributed by atoms with Crippen molar-refractivity contribution in [3.63, 3.8) is 0 Å². The molecule has 0 radical (unpaired) electrons. The Hall–Kier alpha value is -1.31. The van der Waals surface area contributed by atoms with Gasteiger partial charge in [-0.15, -0.1) is 0 Å². The number of nitrogens with one attached hydrogen (secondary N) is 1. The molecule has 1 N–H and O–H groups in total. The van der Waals surface area contributed by atoms with Gasteiger partial charge in [-0.1, -0.05) is 0 Å². The minimum absolute atomic E-state index is 0.296. The van der Waals surface area contributed by atoms with Crippen LogP contribution in [-0.4, -0.2) is 47.6 Å². The van der Waals surface area contributed by atoms with Crippen LogP contribution in [0, 0.1) is 0 Å². The molecule has 0 fully saturated rings. The second-order valence-corrected chi connectivity index (χ2v) is 6.08. The molecule has 0 aromatic heterocycles. The average Bonchev–Trinajstić information content (AvgIpc) is 2.38. The van der Waals surface area contributed by atoms with Crippen LogP contribution in [0.4, 0.5) is 0 Å². The lowest BCUT2D eigenvalue weighted by molar-refractivity contribution is 0.398. The van der Waals surface area contributed by atoms with Gasteiger partial charge in [-0.05, 0) is 30.2 Å². The highest BCUT2D eigenvalue weighted by Crippen LogP contribution is 2.24. The number of benzene rings is 1. The summed E-state index contributed by atoms with van der Waals surface area (Å²) in [6, 6.07) is 5.43.